The number of rotatable bonds is 9. The molecule has 2 atom stereocenters. The van der Waals surface area contributed by atoms with Crippen molar-refractivity contribution < 1.29 is 18.6 Å². The highest BCUT2D eigenvalue weighted by Gasteiger charge is 2.46. The van der Waals surface area contributed by atoms with Gasteiger partial charge in [-0.15, -0.1) is 6.58 Å². The van der Waals surface area contributed by atoms with Gasteiger partial charge in [0.25, 0.3) is 5.92 Å². The van der Waals surface area contributed by atoms with E-state index in [1.54, 1.807) is 0 Å². The molecule has 0 spiro atoms. The molecule has 0 aliphatic carbocycles. The molecule has 0 aromatic heterocycles. The highest BCUT2D eigenvalue weighted by Crippen LogP contribution is 2.31. The molecule has 1 rings (SSSR count). The molecular formula is C16H22F2O2. The average Bonchev–Trinajstić information content (AvgIpc) is 2.44. The number of hydrogen-bond acceptors (Lipinski definition) is 2. The molecule has 4 heteroatoms. The lowest BCUT2D eigenvalue weighted by atomic mass is 10.00. The van der Waals surface area contributed by atoms with Crippen LogP contribution in [-0.2, 0) is 11.3 Å². The van der Waals surface area contributed by atoms with Crippen molar-refractivity contribution in [2.75, 3.05) is 0 Å². The Balaban J connectivity index is 2.69. The molecule has 0 radical (unpaired) electrons. The second-order valence-corrected chi connectivity index (χ2v) is 4.79. The van der Waals surface area contributed by atoms with Crippen LogP contribution in [0, 0.1) is 0 Å². The third-order valence-electron chi connectivity index (χ3n) is 3.11. The molecule has 1 aromatic carbocycles. The summed E-state index contributed by atoms with van der Waals surface area (Å²) >= 11 is 0. The first kappa shape index (κ1) is 16.8. The van der Waals surface area contributed by atoms with Gasteiger partial charge in [-0.05, 0) is 18.4 Å². The molecule has 0 heterocycles. The third-order valence-corrected chi connectivity index (χ3v) is 3.11. The summed E-state index contributed by atoms with van der Waals surface area (Å²) in [6, 6.07) is 9.16. The highest BCUT2D eigenvalue weighted by atomic mass is 19.3. The van der Waals surface area contributed by atoms with Crippen LogP contribution in [0.2, 0.25) is 0 Å². The molecular weight excluding hydrogens is 262 g/mol. The van der Waals surface area contributed by atoms with E-state index in [1.807, 2.05) is 37.3 Å². The fraction of sp³-hybridized carbons (Fsp3) is 0.500. The zero-order valence-electron chi connectivity index (χ0n) is 11.8. The Morgan fingerprint density at radius 1 is 1.35 bits per heavy atom. The molecule has 0 saturated carbocycles. The van der Waals surface area contributed by atoms with Gasteiger partial charge in [0.1, 0.15) is 12.2 Å². The summed E-state index contributed by atoms with van der Waals surface area (Å²) in [7, 11) is 0. The number of hydrogen-bond donors (Lipinski definition) is 1. The average molecular weight is 284 g/mol. The van der Waals surface area contributed by atoms with Crippen molar-refractivity contribution in [2.45, 2.75) is 50.9 Å². The Morgan fingerprint density at radius 2 is 2.00 bits per heavy atom. The number of aliphatic hydroxyl groups is 1. The number of aliphatic hydroxyl groups excluding tert-OH is 1. The van der Waals surface area contributed by atoms with Crippen LogP contribution in [0.3, 0.4) is 0 Å². The van der Waals surface area contributed by atoms with Gasteiger partial charge in [0.05, 0.1) is 6.61 Å². The lowest BCUT2D eigenvalue weighted by molar-refractivity contribution is -0.198. The largest absolute Gasteiger partial charge is 0.386 e. The third kappa shape index (κ3) is 4.69. The second kappa shape index (κ2) is 8.12. The van der Waals surface area contributed by atoms with Gasteiger partial charge in [0, 0.05) is 0 Å². The van der Waals surface area contributed by atoms with E-state index < -0.39 is 18.1 Å². The van der Waals surface area contributed by atoms with Gasteiger partial charge in [0.2, 0.25) is 0 Å². The minimum Gasteiger partial charge on any atom is -0.386 e. The molecule has 0 amide bonds. The Bertz CT molecular complexity index is 393. The number of benzene rings is 1. The van der Waals surface area contributed by atoms with Gasteiger partial charge < -0.3 is 9.84 Å². The SMILES string of the molecule is C=CC[C@@H](O)C(F)(F)[C@@H](CCC)OCc1ccccc1. The highest BCUT2D eigenvalue weighted by molar-refractivity contribution is 5.13. The summed E-state index contributed by atoms with van der Waals surface area (Å²) < 4.78 is 33.6. The topological polar surface area (TPSA) is 29.5 Å². The van der Waals surface area contributed by atoms with Gasteiger partial charge in [0.15, 0.2) is 0 Å². The van der Waals surface area contributed by atoms with Crippen LogP contribution in [0.4, 0.5) is 8.78 Å². The van der Waals surface area contributed by atoms with Crippen molar-refractivity contribution in [3.8, 4) is 0 Å². The summed E-state index contributed by atoms with van der Waals surface area (Å²) in [5, 5.41) is 9.57. The number of alkyl halides is 2. The van der Waals surface area contributed by atoms with E-state index in [9.17, 15) is 13.9 Å². The van der Waals surface area contributed by atoms with Crippen LogP contribution in [-0.4, -0.2) is 23.2 Å². The van der Waals surface area contributed by atoms with Gasteiger partial charge in [-0.1, -0.05) is 49.8 Å². The van der Waals surface area contributed by atoms with Crippen molar-refractivity contribution >= 4 is 0 Å². The summed E-state index contributed by atoms with van der Waals surface area (Å²) in [6.45, 7) is 5.31. The molecule has 0 fully saturated rings. The molecule has 0 unspecified atom stereocenters. The Labute approximate surface area is 119 Å². The fourth-order valence-electron chi connectivity index (χ4n) is 1.95. The molecule has 0 saturated heterocycles. The normalized spacial score (nSPS) is 14.8. The van der Waals surface area contributed by atoms with Crippen molar-refractivity contribution in [2.24, 2.45) is 0 Å². The lowest BCUT2D eigenvalue weighted by Crippen LogP contribution is -2.45. The van der Waals surface area contributed by atoms with Crippen molar-refractivity contribution in [1.29, 1.82) is 0 Å². The first-order valence-electron chi connectivity index (χ1n) is 6.84. The molecule has 0 bridgehead atoms. The van der Waals surface area contributed by atoms with E-state index >= 15 is 0 Å². The molecule has 112 valence electrons. The first-order valence-corrected chi connectivity index (χ1v) is 6.84. The maximum absolute atomic E-state index is 14.1. The van der Waals surface area contributed by atoms with Crippen LogP contribution < -0.4 is 0 Å². The summed E-state index contributed by atoms with van der Waals surface area (Å²) in [5.74, 6) is -3.28. The smallest absolute Gasteiger partial charge is 0.299 e. The molecule has 20 heavy (non-hydrogen) atoms. The summed E-state index contributed by atoms with van der Waals surface area (Å²) in [6.07, 6.45) is -1.14. The minimum atomic E-state index is -3.28. The van der Waals surface area contributed by atoms with Gasteiger partial charge in [-0.2, -0.15) is 0 Å². The quantitative estimate of drug-likeness (QED) is 0.696. The molecule has 1 N–H and O–H groups in total. The zero-order chi connectivity index (χ0) is 15.0. The van der Waals surface area contributed by atoms with Crippen LogP contribution in [0.1, 0.15) is 31.7 Å². The second-order valence-electron chi connectivity index (χ2n) is 4.79. The van der Waals surface area contributed by atoms with Crippen LogP contribution in [0.25, 0.3) is 0 Å². The van der Waals surface area contributed by atoms with E-state index in [1.165, 1.54) is 6.08 Å². The van der Waals surface area contributed by atoms with Crippen LogP contribution in [0.5, 0.6) is 0 Å². The van der Waals surface area contributed by atoms with Crippen molar-refractivity contribution in [3.63, 3.8) is 0 Å². The summed E-state index contributed by atoms with van der Waals surface area (Å²) in [5.41, 5.74) is 0.836. The number of halogens is 2. The summed E-state index contributed by atoms with van der Waals surface area (Å²) in [4.78, 5) is 0. The van der Waals surface area contributed by atoms with E-state index in [2.05, 4.69) is 6.58 Å². The monoisotopic (exact) mass is 284 g/mol. The van der Waals surface area contributed by atoms with E-state index in [-0.39, 0.29) is 19.4 Å². The van der Waals surface area contributed by atoms with Crippen molar-refractivity contribution in [3.05, 3.63) is 48.6 Å². The van der Waals surface area contributed by atoms with Crippen molar-refractivity contribution in [1.82, 2.24) is 0 Å². The van der Waals surface area contributed by atoms with Gasteiger partial charge in [-0.3, -0.25) is 0 Å². The zero-order valence-corrected chi connectivity index (χ0v) is 11.8. The Kier molecular flexibility index (Phi) is 6.82. The molecule has 2 nitrogen and oxygen atoms in total. The van der Waals surface area contributed by atoms with Gasteiger partial charge in [-0.25, -0.2) is 8.78 Å². The van der Waals surface area contributed by atoms with E-state index in [0.29, 0.717) is 6.42 Å². The van der Waals surface area contributed by atoms with E-state index in [0.717, 1.165) is 5.56 Å². The van der Waals surface area contributed by atoms with Gasteiger partial charge >= 0.3 is 0 Å². The van der Waals surface area contributed by atoms with E-state index in [4.69, 9.17) is 4.74 Å². The minimum absolute atomic E-state index is 0.113. The molecule has 0 aliphatic heterocycles. The first-order chi connectivity index (χ1) is 9.52. The molecule has 0 aliphatic rings. The standard InChI is InChI=1S/C16H22F2O2/c1-3-8-14(19)16(17,18)15(9-4-2)20-12-13-10-6-5-7-11-13/h3,5-7,10-11,14-15,19H,1,4,8-9,12H2,2H3/t14-,15-/m1/s1. The predicted octanol–water partition coefficient (Wildman–Crippen LogP) is 3.94. The predicted molar refractivity (Wildman–Crippen MR) is 75.7 cm³/mol. The maximum atomic E-state index is 14.1. The Hall–Kier alpha value is -1.26. The molecule has 1 aromatic rings. The fourth-order valence-corrected chi connectivity index (χ4v) is 1.95. The van der Waals surface area contributed by atoms with Crippen LogP contribution >= 0.6 is 0 Å². The maximum Gasteiger partial charge on any atom is 0.299 e. The number of ether oxygens (including phenoxy) is 1. The Morgan fingerprint density at radius 3 is 2.55 bits per heavy atom. The lowest BCUT2D eigenvalue weighted by Gasteiger charge is -2.30. The van der Waals surface area contributed by atoms with Crippen LogP contribution in [0.15, 0.2) is 43.0 Å².